The summed E-state index contributed by atoms with van der Waals surface area (Å²) in [5.74, 6) is 0.320. The summed E-state index contributed by atoms with van der Waals surface area (Å²) in [4.78, 5) is 8.01. The second kappa shape index (κ2) is 3.73. The Bertz CT molecular complexity index is 356. The van der Waals surface area contributed by atoms with Gasteiger partial charge in [0.1, 0.15) is 6.10 Å². The van der Waals surface area contributed by atoms with Gasteiger partial charge in [-0.2, -0.15) is 0 Å². The third-order valence-electron chi connectivity index (χ3n) is 2.62. The lowest BCUT2D eigenvalue weighted by atomic mass is 10.2. The molecule has 5 heteroatoms. The molecule has 0 aliphatic heterocycles. The van der Waals surface area contributed by atoms with E-state index in [0.29, 0.717) is 11.7 Å². The maximum atomic E-state index is 13.2. The Balaban J connectivity index is 2.34. The van der Waals surface area contributed by atoms with Gasteiger partial charge < -0.3 is 10.5 Å². The van der Waals surface area contributed by atoms with Crippen LogP contribution >= 0.6 is 0 Å². The number of hydrogen-bond donors (Lipinski definition) is 1. The molecule has 2 N–H and O–H groups in total. The van der Waals surface area contributed by atoms with Crippen molar-refractivity contribution in [3.8, 4) is 0 Å². The molecule has 1 aliphatic rings. The van der Waals surface area contributed by atoms with Crippen molar-refractivity contribution in [1.29, 1.82) is 0 Å². The Morgan fingerprint density at radius 3 is 2.60 bits per heavy atom. The number of methoxy groups -OCH3 is 1. The highest BCUT2D eigenvalue weighted by Crippen LogP contribution is 2.42. The van der Waals surface area contributed by atoms with Crippen LogP contribution in [0.15, 0.2) is 0 Å². The number of rotatable bonds is 3. The molecule has 1 aromatic heterocycles. The molecule has 1 aliphatic carbocycles. The lowest BCUT2D eigenvalue weighted by Gasteiger charge is -2.14. The summed E-state index contributed by atoms with van der Waals surface area (Å²) in [5, 5.41) is 0. The molecule has 0 radical (unpaired) electrons. The van der Waals surface area contributed by atoms with Gasteiger partial charge in [0.15, 0.2) is 17.5 Å². The molecule has 1 fully saturated rings. The fraction of sp³-hybridized carbons (Fsp3) is 0.600. The van der Waals surface area contributed by atoms with Crippen molar-refractivity contribution in [1.82, 2.24) is 9.97 Å². The average Bonchev–Trinajstić information content (AvgIpc) is 2.99. The van der Waals surface area contributed by atoms with E-state index in [0.717, 1.165) is 12.8 Å². The first-order valence-corrected chi connectivity index (χ1v) is 4.95. The van der Waals surface area contributed by atoms with Crippen LogP contribution < -0.4 is 5.73 Å². The number of aromatic nitrogens is 2. The minimum Gasteiger partial charge on any atom is -0.381 e. The van der Waals surface area contributed by atoms with Gasteiger partial charge in [-0.05, 0) is 25.7 Å². The van der Waals surface area contributed by atoms with Crippen LogP contribution in [0.3, 0.4) is 0 Å². The molecule has 0 spiro atoms. The highest BCUT2D eigenvalue weighted by Gasteiger charge is 2.34. The summed E-state index contributed by atoms with van der Waals surface area (Å²) in [6.45, 7) is 1.58. The summed E-state index contributed by atoms with van der Waals surface area (Å²) in [6, 6.07) is 0. The highest BCUT2D eigenvalue weighted by atomic mass is 19.1. The molecule has 1 saturated carbocycles. The van der Waals surface area contributed by atoms with Crippen molar-refractivity contribution < 1.29 is 9.13 Å². The number of anilines is 1. The van der Waals surface area contributed by atoms with E-state index in [9.17, 15) is 4.39 Å². The minimum absolute atomic E-state index is 0.0970. The molecule has 15 heavy (non-hydrogen) atoms. The summed E-state index contributed by atoms with van der Waals surface area (Å²) in [7, 11) is 1.61. The van der Waals surface area contributed by atoms with E-state index in [1.54, 1.807) is 14.0 Å². The maximum Gasteiger partial charge on any atom is 0.186 e. The third kappa shape index (κ3) is 1.92. The number of aryl methyl sites for hydroxylation is 1. The van der Waals surface area contributed by atoms with E-state index in [1.807, 2.05) is 0 Å². The zero-order valence-electron chi connectivity index (χ0n) is 8.83. The number of hydrogen-bond acceptors (Lipinski definition) is 4. The van der Waals surface area contributed by atoms with Crippen molar-refractivity contribution in [2.24, 2.45) is 5.92 Å². The van der Waals surface area contributed by atoms with Crippen LogP contribution in [-0.4, -0.2) is 17.1 Å². The van der Waals surface area contributed by atoms with E-state index in [1.165, 1.54) is 0 Å². The van der Waals surface area contributed by atoms with Gasteiger partial charge in [-0.25, -0.2) is 14.4 Å². The molecule has 1 aromatic rings. The lowest BCUT2D eigenvalue weighted by Crippen LogP contribution is -2.13. The van der Waals surface area contributed by atoms with Crippen LogP contribution in [0.4, 0.5) is 10.2 Å². The predicted molar refractivity (Wildman–Crippen MR) is 53.6 cm³/mol. The van der Waals surface area contributed by atoms with Crippen LogP contribution in [0.2, 0.25) is 0 Å². The number of nitrogens with zero attached hydrogens (tertiary/aromatic N) is 2. The van der Waals surface area contributed by atoms with Crippen molar-refractivity contribution in [2.45, 2.75) is 25.9 Å². The van der Waals surface area contributed by atoms with Crippen LogP contribution in [0, 0.1) is 18.7 Å². The normalized spacial score (nSPS) is 17.8. The molecule has 4 nitrogen and oxygen atoms in total. The molecule has 0 aromatic carbocycles. The molecular weight excluding hydrogens is 197 g/mol. The monoisotopic (exact) mass is 211 g/mol. The Morgan fingerprint density at radius 2 is 2.13 bits per heavy atom. The molecular formula is C10H14FN3O. The van der Waals surface area contributed by atoms with Gasteiger partial charge in [-0.3, -0.25) is 0 Å². The fourth-order valence-electron chi connectivity index (χ4n) is 1.64. The molecule has 0 amide bonds. The second-order valence-electron chi connectivity index (χ2n) is 3.86. The molecule has 1 unspecified atom stereocenters. The topological polar surface area (TPSA) is 61.0 Å². The van der Waals surface area contributed by atoms with Crippen molar-refractivity contribution >= 4 is 5.82 Å². The summed E-state index contributed by atoms with van der Waals surface area (Å²) in [6.07, 6.45) is 2.07. The highest BCUT2D eigenvalue weighted by molar-refractivity contribution is 5.32. The number of nitrogens with two attached hydrogens (primary N) is 1. The standard InChI is InChI=1S/C10H14FN3O/c1-5-7(11)9(12)14-10(13-5)8(15-2)6-3-4-6/h6,8H,3-4H2,1-2H3,(H2,12,13,14). The average molecular weight is 211 g/mol. The van der Waals surface area contributed by atoms with Gasteiger partial charge in [0.05, 0.1) is 5.69 Å². The number of ether oxygens (including phenoxy) is 1. The first kappa shape index (κ1) is 10.3. The molecule has 82 valence electrons. The van der Waals surface area contributed by atoms with E-state index < -0.39 is 5.82 Å². The fourth-order valence-corrected chi connectivity index (χ4v) is 1.64. The molecule has 1 atom stereocenters. The maximum absolute atomic E-state index is 13.2. The van der Waals surface area contributed by atoms with E-state index in [2.05, 4.69) is 9.97 Å². The van der Waals surface area contributed by atoms with Crippen molar-refractivity contribution in [3.05, 3.63) is 17.3 Å². The molecule has 0 saturated heterocycles. The smallest absolute Gasteiger partial charge is 0.186 e. The van der Waals surface area contributed by atoms with Gasteiger partial charge in [0.2, 0.25) is 0 Å². The zero-order valence-corrected chi connectivity index (χ0v) is 8.83. The lowest BCUT2D eigenvalue weighted by molar-refractivity contribution is 0.0770. The molecule has 1 heterocycles. The SMILES string of the molecule is COC(c1nc(C)c(F)c(N)n1)C1CC1. The minimum atomic E-state index is -0.538. The number of nitrogen functional groups attached to an aromatic ring is 1. The molecule has 2 rings (SSSR count). The molecule has 0 bridgehead atoms. The summed E-state index contributed by atoms with van der Waals surface area (Å²) >= 11 is 0. The largest absolute Gasteiger partial charge is 0.381 e. The third-order valence-corrected chi connectivity index (χ3v) is 2.62. The van der Waals surface area contributed by atoms with Gasteiger partial charge in [-0.15, -0.1) is 0 Å². The van der Waals surface area contributed by atoms with Gasteiger partial charge in [-0.1, -0.05) is 0 Å². The Hall–Kier alpha value is -1.23. The van der Waals surface area contributed by atoms with Gasteiger partial charge in [0, 0.05) is 7.11 Å². The quantitative estimate of drug-likeness (QED) is 0.825. The van der Waals surface area contributed by atoms with Crippen LogP contribution in [0.1, 0.15) is 30.5 Å². The van der Waals surface area contributed by atoms with Crippen molar-refractivity contribution in [3.63, 3.8) is 0 Å². The summed E-state index contributed by atoms with van der Waals surface area (Å²) in [5.41, 5.74) is 5.73. The van der Waals surface area contributed by atoms with Gasteiger partial charge in [0.25, 0.3) is 0 Å². The zero-order chi connectivity index (χ0) is 11.0. The predicted octanol–water partition coefficient (Wildman–Crippen LogP) is 1.60. The van der Waals surface area contributed by atoms with Crippen LogP contribution in [0.5, 0.6) is 0 Å². The Kier molecular flexibility index (Phi) is 2.56. The van der Waals surface area contributed by atoms with E-state index in [-0.39, 0.29) is 17.6 Å². The Morgan fingerprint density at radius 1 is 1.47 bits per heavy atom. The second-order valence-corrected chi connectivity index (χ2v) is 3.86. The van der Waals surface area contributed by atoms with Crippen molar-refractivity contribution in [2.75, 3.05) is 12.8 Å². The van der Waals surface area contributed by atoms with Crippen LogP contribution in [0.25, 0.3) is 0 Å². The van der Waals surface area contributed by atoms with Crippen LogP contribution in [-0.2, 0) is 4.74 Å². The summed E-state index contributed by atoms with van der Waals surface area (Å²) < 4.78 is 18.5. The van der Waals surface area contributed by atoms with Gasteiger partial charge >= 0.3 is 0 Å². The first-order valence-electron chi connectivity index (χ1n) is 4.95. The number of halogens is 1. The Labute approximate surface area is 87.7 Å². The van der Waals surface area contributed by atoms with E-state index >= 15 is 0 Å². The first-order chi connectivity index (χ1) is 7.13. The van der Waals surface area contributed by atoms with E-state index in [4.69, 9.17) is 10.5 Å².